The lowest BCUT2D eigenvalue weighted by Crippen LogP contribution is -2.50. The van der Waals surface area contributed by atoms with Crippen molar-refractivity contribution >= 4 is 26.9 Å². The molecule has 1 atom stereocenters. The highest BCUT2D eigenvalue weighted by molar-refractivity contribution is 7.89. The van der Waals surface area contributed by atoms with E-state index < -0.39 is 16.1 Å². The minimum absolute atomic E-state index is 0.132. The highest BCUT2D eigenvalue weighted by Gasteiger charge is 2.30. The highest BCUT2D eigenvalue weighted by atomic mass is 32.2. The number of carbonyl (C=O) groups is 1. The lowest BCUT2D eigenvalue weighted by molar-refractivity contribution is -0.134. The maximum absolute atomic E-state index is 13.3. The first kappa shape index (κ1) is 23.4. The Morgan fingerprint density at radius 3 is 2.17 bits per heavy atom. The first-order valence-electron chi connectivity index (χ1n) is 10.3. The van der Waals surface area contributed by atoms with E-state index in [1.807, 2.05) is 13.8 Å². The second-order valence-corrected chi connectivity index (χ2v) is 10.7. The number of nitrogens with one attached hydrogen (secondary N) is 1. The average molecular weight is 423 g/mol. The number of benzene rings is 1. The number of rotatable bonds is 10. The lowest BCUT2D eigenvalue weighted by Gasteiger charge is -2.31. The molecule has 1 aromatic heterocycles. The second kappa shape index (κ2) is 9.76. The van der Waals surface area contributed by atoms with E-state index in [1.54, 1.807) is 23.1 Å². The molecule has 29 heavy (non-hydrogen) atoms. The summed E-state index contributed by atoms with van der Waals surface area (Å²) >= 11 is 0. The smallest absolute Gasteiger partial charge is 0.241 e. The summed E-state index contributed by atoms with van der Waals surface area (Å²) < 4.78 is 34.1. The van der Waals surface area contributed by atoms with Gasteiger partial charge in [-0.3, -0.25) is 4.79 Å². The number of nitrogens with zero attached hydrogens (tertiary/aromatic N) is 1. The summed E-state index contributed by atoms with van der Waals surface area (Å²) in [5.41, 5.74) is 0.624. The van der Waals surface area contributed by atoms with Crippen LogP contribution in [0.1, 0.15) is 48.0 Å². The average Bonchev–Trinajstić information content (AvgIpc) is 3.06. The summed E-state index contributed by atoms with van der Waals surface area (Å²) in [6, 6.07) is 5.63. The van der Waals surface area contributed by atoms with E-state index in [2.05, 4.69) is 32.4 Å². The summed E-state index contributed by atoms with van der Waals surface area (Å²) in [6.07, 6.45) is 1.97. The second-order valence-electron chi connectivity index (χ2n) is 8.95. The van der Waals surface area contributed by atoms with E-state index in [0.717, 1.165) is 0 Å². The molecule has 1 amide bonds. The van der Waals surface area contributed by atoms with Gasteiger partial charge in [0.1, 0.15) is 11.6 Å². The van der Waals surface area contributed by atoms with Gasteiger partial charge in [-0.1, -0.05) is 41.5 Å². The third kappa shape index (κ3) is 6.57. The van der Waals surface area contributed by atoms with E-state index >= 15 is 0 Å². The van der Waals surface area contributed by atoms with Gasteiger partial charge >= 0.3 is 0 Å². The molecular formula is C22H34N2O4S. The molecule has 0 saturated carbocycles. The normalized spacial score (nSPS) is 13.6. The van der Waals surface area contributed by atoms with Crippen molar-refractivity contribution in [2.24, 2.45) is 17.8 Å². The zero-order chi connectivity index (χ0) is 21.8. The van der Waals surface area contributed by atoms with Crippen LogP contribution in [0.2, 0.25) is 0 Å². The minimum atomic E-state index is -3.85. The molecule has 0 unspecified atom stereocenters. The maximum atomic E-state index is 13.3. The fraction of sp³-hybridized carbons (Fsp3) is 0.591. The van der Waals surface area contributed by atoms with Crippen molar-refractivity contribution in [2.45, 2.75) is 58.9 Å². The van der Waals surface area contributed by atoms with Crippen LogP contribution in [0.4, 0.5) is 0 Å². The number of hydrogen-bond donors (Lipinski definition) is 1. The van der Waals surface area contributed by atoms with Gasteiger partial charge in [0.25, 0.3) is 0 Å². The van der Waals surface area contributed by atoms with E-state index in [9.17, 15) is 13.2 Å². The van der Waals surface area contributed by atoms with Gasteiger partial charge in [-0.15, -0.1) is 0 Å². The van der Waals surface area contributed by atoms with Gasteiger partial charge in [0.05, 0.1) is 11.2 Å². The van der Waals surface area contributed by atoms with Crippen LogP contribution in [0, 0.1) is 17.8 Å². The molecule has 1 N–H and O–H groups in total. The zero-order valence-electron chi connectivity index (χ0n) is 18.3. The molecular weight excluding hydrogens is 388 g/mol. The van der Waals surface area contributed by atoms with Crippen LogP contribution in [0.5, 0.6) is 0 Å². The third-order valence-corrected chi connectivity index (χ3v) is 5.99. The molecule has 1 heterocycles. The Morgan fingerprint density at radius 2 is 1.62 bits per heavy atom. The predicted octanol–water partition coefficient (Wildman–Crippen LogP) is 4.27. The Bertz CT molecular complexity index is 906. The highest BCUT2D eigenvalue weighted by Crippen LogP contribution is 2.21. The first-order chi connectivity index (χ1) is 13.5. The molecule has 0 aliphatic carbocycles. The number of furan rings is 1. The monoisotopic (exact) mass is 422 g/mol. The van der Waals surface area contributed by atoms with Crippen molar-refractivity contribution in [1.29, 1.82) is 0 Å². The van der Waals surface area contributed by atoms with Crippen LogP contribution in [0.15, 0.2) is 39.8 Å². The van der Waals surface area contributed by atoms with Gasteiger partial charge in [-0.25, -0.2) is 8.42 Å². The summed E-state index contributed by atoms with van der Waals surface area (Å²) in [7, 11) is -3.85. The van der Waals surface area contributed by atoms with E-state index in [4.69, 9.17) is 4.42 Å². The molecule has 7 heteroatoms. The predicted molar refractivity (Wildman–Crippen MR) is 116 cm³/mol. The fourth-order valence-corrected chi connectivity index (χ4v) is 4.63. The van der Waals surface area contributed by atoms with Gasteiger partial charge in [0.2, 0.25) is 15.9 Å². The van der Waals surface area contributed by atoms with Crippen LogP contribution in [-0.2, 0) is 14.8 Å². The molecule has 0 saturated heterocycles. The summed E-state index contributed by atoms with van der Waals surface area (Å²) in [4.78, 5) is 15.2. The van der Waals surface area contributed by atoms with Gasteiger partial charge in [-0.05, 0) is 48.4 Å². The number of sulfonamides is 1. The molecule has 0 bridgehead atoms. The van der Waals surface area contributed by atoms with Crippen molar-refractivity contribution < 1.29 is 17.6 Å². The van der Waals surface area contributed by atoms with Gasteiger partial charge in [0.15, 0.2) is 0 Å². The Labute approximate surface area is 174 Å². The van der Waals surface area contributed by atoms with Crippen molar-refractivity contribution in [3.05, 3.63) is 30.5 Å². The maximum Gasteiger partial charge on any atom is 0.241 e. The quantitative estimate of drug-likeness (QED) is 0.620. The van der Waals surface area contributed by atoms with Gasteiger partial charge in [0, 0.05) is 18.5 Å². The molecule has 2 aromatic rings. The Hall–Kier alpha value is -1.86. The van der Waals surface area contributed by atoms with E-state index in [1.165, 1.54) is 12.3 Å². The van der Waals surface area contributed by atoms with Crippen LogP contribution in [0.3, 0.4) is 0 Å². The molecule has 0 aliphatic heterocycles. The molecule has 6 nitrogen and oxygen atoms in total. The summed E-state index contributed by atoms with van der Waals surface area (Å²) in [5, 5.41) is 0.709. The van der Waals surface area contributed by atoms with Crippen LogP contribution < -0.4 is 4.72 Å². The number of carbonyl (C=O) groups excluding carboxylic acids is 1. The largest absolute Gasteiger partial charge is 0.464 e. The SMILES string of the molecule is CC(C)C[C@H](NS(=O)(=O)c1ccc2occc2c1)C(=O)N(CC(C)C)CC(C)C. The van der Waals surface area contributed by atoms with Gasteiger partial charge < -0.3 is 9.32 Å². The van der Waals surface area contributed by atoms with E-state index in [0.29, 0.717) is 42.3 Å². The van der Waals surface area contributed by atoms with Crippen molar-refractivity contribution in [2.75, 3.05) is 13.1 Å². The van der Waals surface area contributed by atoms with Crippen molar-refractivity contribution in [3.63, 3.8) is 0 Å². The minimum Gasteiger partial charge on any atom is -0.464 e. The first-order valence-corrected chi connectivity index (χ1v) is 11.8. The van der Waals surface area contributed by atoms with Crippen LogP contribution >= 0.6 is 0 Å². The summed E-state index contributed by atoms with van der Waals surface area (Å²) in [6.45, 7) is 13.4. The number of hydrogen-bond acceptors (Lipinski definition) is 4. The molecule has 2 rings (SSSR count). The zero-order valence-corrected chi connectivity index (χ0v) is 19.1. The number of fused-ring (bicyclic) bond motifs is 1. The topological polar surface area (TPSA) is 79.6 Å². The number of amides is 1. The molecule has 0 spiro atoms. The molecule has 1 aromatic carbocycles. The van der Waals surface area contributed by atoms with Gasteiger partial charge in [-0.2, -0.15) is 4.72 Å². The van der Waals surface area contributed by atoms with Crippen molar-refractivity contribution in [3.8, 4) is 0 Å². The fourth-order valence-electron chi connectivity index (χ4n) is 3.39. The summed E-state index contributed by atoms with van der Waals surface area (Å²) in [5.74, 6) is 0.618. The van der Waals surface area contributed by atoms with Crippen LogP contribution in [-0.4, -0.2) is 38.4 Å². The molecule has 0 fully saturated rings. The van der Waals surface area contributed by atoms with Crippen LogP contribution in [0.25, 0.3) is 11.0 Å². The Morgan fingerprint density at radius 1 is 1.00 bits per heavy atom. The van der Waals surface area contributed by atoms with Crippen molar-refractivity contribution in [1.82, 2.24) is 9.62 Å². The third-order valence-electron chi connectivity index (χ3n) is 4.52. The Kier molecular flexibility index (Phi) is 7.88. The van der Waals surface area contributed by atoms with E-state index in [-0.39, 0.29) is 16.7 Å². The Balaban J connectivity index is 2.30. The standard InChI is InChI=1S/C22H34N2O4S/c1-15(2)11-20(22(25)24(13-16(3)4)14-17(5)6)23-29(26,27)19-7-8-21-18(12-19)9-10-28-21/h7-10,12,15-17,20,23H,11,13-14H2,1-6H3/t20-/m0/s1. The molecule has 0 radical (unpaired) electrons. The molecule has 162 valence electrons. The lowest BCUT2D eigenvalue weighted by atomic mass is 10.0. The molecule has 0 aliphatic rings.